The number of carbonyl (C=O) groups excluding carboxylic acids is 2. The molecule has 0 N–H and O–H groups in total. The molecule has 0 spiro atoms. The van der Waals surface area contributed by atoms with Crippen molar-refractivity contribution in [2.45, 2.75) is 51.7 Å². The Kier molecular flexibility index (Phi) is 10.3. The van der Waals surface area contributed by atoms with E-state index in [0.29, 0.717) is 51.3 Å². The number of amides is 1. The number of ether oxygens (including phenoxy) is 2. The van der Waals surface area contributed by atoms with Crippen molar-refractivity contribution in [2.75, 3.05) is 33.3 Å². The monoisotopic (exact) mass is 488 g/mol. The van der Waals surface area contributed by atoms with Gasteiger partial charge in [0.05, 0.1) is 13.7 Å². The van der Waals surface area contributed by atoms with Crippen molar-refractivity contribution in [3.63, 3.8) is 0 Å². The van der Waals surface area contributed by atoms with Gasteiger partial charge in [0.15, 0.2) is 0 Å². The van der Waals surface area contributed by atoms with Crippen LogP contribution in [0.4, 0.5) is 4.39 Å². The molecular weight excluding hydrogens is 455 g/mol. The maximum absolute atomic E-state index is 13.0. The molecule has 0 unspecified atom stereocenters. The molecule has 1 aliphatic rings. The van der Waals surface area contributed by atoms with Crippen LogP contribution in [0.2, 0.25) is 0 Å². The predicted octanol–water partition coefficient (Wildman–Crippen LogP) is 3.52. The van der Waals surface area contributed by atoms with E-state index in [0.717, 1.165) is 31.2 Å². The zero-order valence-corrected chi connectivity index (χ0v) is 20.2. The largest absolute Gasteiger partial charge is 0.482 e. The average molecular weight is 489 g/mol. The first-order chi connectivity index (χ1) is 16.9. The Hall–Kier alpha value is -3.20. The second-order valence-electron chi connectivity index (χ2n) is 8.64. The van der Waals surface area contributed by atoms with Crippen molar-refractivity contribution in [1.82, 2.24) is 9.80 Å². The molecule has 0 bridgehead atoms. The number of methoxy groups -OCH3 is 1. The molecule has 0 aliphatic carbocycles. The van der Waals surface area contributed by atoms with Crippen LogP contribution < -0.4 is 10.2 Å². The molecule has 1 fully saturated rings. The predicted molar refractivity (Wildman–Crippen MR) is 127 cm³/mol. The first-order valence-electron chi connectivity index (χ1n) is 12.0. The zero-order valence-electron chi connectivity index (χ0n) is 20.2. The Morgan fingerprint density at radius 1 is 1.00 bits per heavy atom. The summed E-state index contributed by atoms with van der Waals surface area (Å²) in [5, 5.41) is 0. The number of esters is 1. The Balaban J connectivity index is 1.35. The van der Waals surface area contributed by atoms with Crippen LogP contribution in [0.15, 0.2) is 45.8 Å². The summed E-state index contributed by atoms with van der Waals surface area (Å²) in [6, 6.07) is 7.31. The van der Waals surface area contributed by atoms with Gasteiger partial charge in [-0.2, -0.15) is 0 Å². The third-order valence-corrected chi connectivity index (χ3v) is 6.01. The first kappa shape index (κ1) is 26.4. The lowest BCUT2D eigenvalue weighted by atomic mass is 10.1. The number of benzene rings is 1. The normalized spacial score (nSPS) is 14.1. The number of nitrogens with zero attached hydrogens (tertiary/aromatic N) is 2. The summed E-state index contributed by atoms with van der Waals surface area (Å²) in [6.07, 6.45) is 5.71. The van der Waals surface area contributed by atoms with Gasteiger partial charge in [0.25, 0.3) is 0 Å². The molecule has 0 saturated carbocycles. The Morgan fingerprint density at radius 3 is 2.34 bits per heavy atom. The molecule has 2 heterocycles. The van der Waals surface area contributed by atoms with Crippen molar-refractivity contribution in [2.24, 2.45) is 0 Å². The van der Waals surface area contributed by atoms with Crippen LogP contribution in [0.5, 0.6) is 5.75 Å². The van der Waals surface area contributed by atoms with E-state index in [1.807, 2.05) is 4.90 Å². The van der Waals surface area contributed by atoms with Gasteiger partial charge < -0.3 is 18.8 Å². The highest BCUT2D eigenvalue weighted by molar-refractivity contribution is 5.76. The fourth-order valence-corrected chi connectivity index (χ4v) is 3.90. The molecule has 1 aromatic carbocycles. The van der Waals surface area contributed by atoms with Gasteiger partial charge in [0.1, 0.15) is 24.4 Å². The van der Waals surface area contributed by atoms with E-state index in [2.05, 4.69) is 9.64 Å². The quantitative estimate of drug-likeness (QED) is 0.334. The molecule has 1 saturated heterocycles. The van der Waals surface area contributed by atoms with Crippen LogP contribution in [0.25, 0.3) is 0 Å². The summed E-state index contributed by atoms with van der Waals surface area (Å²) in [4.78, 5) is 40.0. The summed E-state index contributed by atoms with van der Waals surface area (Å²) >= 11 is 0. The zero-order chi connectivity index (χ0) is 25.0. The highest BCUT2D eigenvalue weighted by atomic mass is 19.1. The third kappa shape index (κ3) is 8.83. The fraction of sp³-hybridized carbons (Fsp3) is 0.500. The van der Waals surface area contributed by atoms with Crippen LogP contribution >= 0.6 is 0 Å². The van der Waals surface area contributed by atoms with Gasteiger partial charge in [-0.1, -0.05) is 25.0 Å². The van der Waals surface area contributed by atoms with E-state index in [9.17, 15) is 18.8 Å². The van der Waals surface area contributed by atoms with Crippen LogP contribution in [-0.2, 0) is 27.5 Å². The number of rotatable bonds is 12. The van der Waals surface area contributed by atoms with Crippen molar-refractivity contribution >= 4 is 11.9 Å². The maximum atomic E-state index is 13.0. The molecule has 9 heteroatoms. The van der Waals surface area contributed by atoms with Crippen molar-refractivity contribution in [1.29, 1.82) is 0 Å². The maximum Gasteiger partial charge on any atom is 0.305 e. The number of piperazine rings is 1. The number of carbonyl (C=O) groups is 2. The van der Waals surface area contributed by atoms with E-state index in [1.165, 1.54) is 31.6 Å². The third-order valence-electron chi connectivity index (χ3n) is 6.01. The van der Waals surface area contributed by atoms with Crippen LogP contribution in [-0.4, -0.2) is 55.0 Å². The standard InChI is InChI=1S/C26H33FN2O6/c1-33-26(32)7-5-3-2-4-6-25(31)29-14-12-28(13-15-29)17-22-16-23(30)24(19-34-22)35-18-20-8-10-21(27)11-9-20/h8-11,16,19H,2-7,12-15,17-18H2,1H3. The molecule has 0 radical (unpaired) electrons. The smallest absolute Gasteiger partial charge is 0.305 e. The SMILES string of the molecule is COC(=O)CCCCCCC(=O)N1CCN(Cc2cc(=O)c(OCc3ccc(F)cc3)co2)CC1. The van der Waals surface area contributed by atoms with Gasteiger partial charge in [0.2, 0.25) is 17.1 Å². The van der Waals surface area contributed by atoms with E-state index in [4.69, 9.17) is 9.15 Å². The van der Waals surface area contributed by atoms with E-state index in [-0.39, 0.29) is 35.5 Å². The Morgan fingerprint density at radius 2 is 1.69 bits per heavy atom. The van der Waals surface area contributed by atoms with Gasteiger partial charge in [-0.3, -0.25) is 19.3 Å². The summed E-state index contributed by atoms with van der Waals surface area (Å²) in [5.41, 5.74) is 0.481. The van der Waals surface area contributed by atoms with E-state index in [1.54, 1.807) is 12.1 Å². The number of halogens is 1. The summed E-state index contributed by atoms with van der Waals surface area (Å²) in [7, 11) is 1.39. The topological polar surface area (TPSA) is 89.3 Å². The van der Waals surface area contributed by atoms with Crippen molar-refractivity contribution in [3.05, 3.63) is 64.0 Å². The number of hydrogen-bond donors (Lipinski definition) is 0. The lowest BCUT2D eigenvalue weighted by molar-refractivity contribution is -0.140. The molecule has 1 amide bonds. The number of hydrogen-bond acceptors (Lipinski definition) is 7. The molecule has 1 aromatic heterocycles. The minimum absolute atomic E-state index is 0.110. The van der Waals surface area contributed by atoms with Gasteiger partial charge >= 0.3 is 5.97 Å². The second kappa shape index (κ2) is 13.6. The molecule has 35 heavy (non-hydrogen) atoms. The minimum Gasteiger partial charge on any atom is -0.482 e. The summed E-state index contributed by atoms with van der Waals surface area (Å²) < 4.78 is 28.7. The summed E-state index contributed by atoms with van der Waals surface area (Å²) in [6.45, 7) is 3.33. The highest BCUT2D eigenvalue weighted by Gasteiger charge is 2.21. The molecule has 0 atom stereocenters. The van der Waals surface area contributed by atoms with E-state index >= 15 is 0 Å². The van der Waals surface area contributed by atoms with Gasteiger partial charge in [0, 0.05) is 45.1 Å². The Labute approximate surface area is 204 Å². The average Bonchev–Trinajstić information content (AvgIpc) is 2.86. The lowest BCUT2D eigenvalue weighted by Crippen LogP contribution is -2.48. The molecule has 8 nitrogen and oxygen atoms in total. The van der Waals surface area contributed by atoms with Crippen molar-refractivity contribution < 1.29 is 27.9 Å². The van der Waals surface area contributed by atoms with Crippen molar-refractivity contribution in [3.8, 4) is 5.75 Å². The fourth-order valence-electron chi connectivity index (χ4n) is 3.90. The second-order valence-corrected chi connectivity index (χ2v) is 8.64. The lowest BCUT2D eigenvalue weighted by Gasteiger charge is -2.34. The highest BCUT2D eigenvalue weighted by Crippen LogP contribution is 2.14. The molecule has 2 aromatic rings. The van der Waals surface area contributed by atoms with Gasteiger partial charge in [-0.25, -0.2) is 4.39 Å². The van der Waals surface area contributed by atoms with Gasteiger partial charge in [-0.05, 0) is 30.5 Å². The van der Waals surface area contributed by atoms with Crippen LogP contribution in [0.1, 0.15) is 49.8 Å². The van der Waals surface area contributed by atoms with Crippen LogP contribution in [0.3, 0.4) is 0 Å². The summed E-state index contributed by atoms with van der Waals surface area (Å²) in [5.74, 6) is 0.290. The Bertz CT molecular complexity index is 1020. The molecule has 3 rings (SSSR count). The molecule has 190 valence electrons. The van der Waals surface area contributed by atoms with E-state index < -0.39 is 0 Å². The minimum atomic E-state index is -0.327. The van der Waals surface area contributed by atoms with Gasteiger partial charge in [-0.15, -0.1) is 0 Å². The molecule has 1 aliphatic heterocycles. The van der Waals surface area contributed by atoms with Crippen LogP contribution in [0, 0.1) is 5.82 Å². The number of unbranched alkanes of at least 4 members (excludes halogenated alkanes) is 3. The first-order valence-corrected chi connectivity index (χ1v) is 12.0. The molecular formula is C26H33FN2O6.